The number of rotatable bonds is 15. The van der Waals surface area contributed by atoms with Gasteiger partial charge in [0.1, 0.15) is 11.5 Å². The van der Waals surface area contributed by atoms with Gasteiger partial charge in [-0.15, -0.1) is 0 Å². The number of nitrogens with zero attached hydrogens (tertiary/aromatic N) is 2. The Morgan fingerprint density at radius 1 is 0.657 bits per heavy atom. The monoisotopic (exact) mass is 474 g/mol. The second kappa shape index (κ2) is 14.9. The third-order valence-electron chi connectivity index (χ3n) is 5.93. The van der Waals surface area contributed by atoms with Crippen molar-refractivity contribution in [2.24, 2.45) is 0 Å². The van der Waals surface area contributed by atoms with Gasteiger partial charge in [0.15, 0.2) is 5.82 Å². The number of aromatic nitrogens is 2. The van der Waals surface area contributed by atoms with E-state index in [4.69, 9.17) is 9.47 Å². The molecule has 0 radical (unpaired) electrons. The molecule has 0 atom stereocenters. The van der Waals surface area contributed by atoms with Crippen LogP contribution in [0.15, 0.2) is 60.9 Å². The van der Waals surface area contributed by atoms with Gasteiger partial charge in [-0.2, -0.15) is 0 Å². The van der Waals surface area contributed by atoms with Gasteiger partial charge in [0, 0.05) is 29.9 Å². The van der Waals surface area contributed by atoms with Crippen LogP contribution in [-0.4, -0.2) is 22.5 Å². The minimum Gasteiger partial charge on any atom is -0.494 e. The summed E-state index contributed by atoms with van der Waals surface area (Å²) in [5, 5.41) is 0. The second-order valence-corrected chi connectivity index (χ2v) is 8.89. The second-order valence-electron chi connectivity index (χ2n) is 8.89. The first-order chi connectivity index (χ1) is 17.2. The molecule has 0 aliphatic carbocycles. The lowest BCUT2D eigenvalue weighted by atomic mass is 10.1. The van der Waals surface area contributed by atoms with Crippen molar-refractivity contribution in [2.45, 2.75) is 78.1 Å². The molecule has 0 saturated heterocycles. The Labute approximate surface area is 209 Å². The van der Waals surface area contributed by atoms with Gasteiger partial charge < -0.3 is 9.47 Å². The molecule has 0 aliphatic heterocycles. The number of hydrogen-bond donors (Lipinski definition) is 0. The fraction of sp³-hybridized carbons (Fsp3) is 0.433. The van der Waals surface area contributed by atoms with Crippen LogP contribution in [0.5, 0.6) is 11.5 Å². The summed E-state index contributed by atoms with van der Waals surface area (Å²) in [5.74, 6) is 1.94. The van der Waals surface area contributed by atoms with Crippen LogP contribution >= 0.6 is 0 Å². The fourth-order valence-corrected chi connectivity index (χ4v) is 3.82. The van der Waals surface area contributed by atoms with E-state index in [1.54, 1.807) is 0 Å². The zero-order valence-corrected chi connectivity index (χ0v) is 21.2. The minimum atomic E-state index is -0.171. The van der Waals surface area contributed by atoms with Crippen LogP contribution in [-0.2, 0) is 4.79 Å². The summed E-state index contributed by atoms with van der Waals surface area (Å²) in [6.07, 6.45) is 14.4. The SMILES string of the molecule is CCCCCCCC(=O)Oc1ccc(-c2cnc(-c3ccc(OCCCCCC)cc3)nc2)cc1. The summed E-state index contributed by atoms with van der Waals surface area (Å²) in [7, 11) is 0. The van der Waals surface area contributed by atoms with Gasteiger partial charge in [-0.3, -0.25) is 4.79 Å². The van der Waals surface area contributed by atoms with Crippen molar-refractivity contribution in [3.05, 3.63) is 60.9 Å². The van der Waals surface area contributed by atoms with Crippen molar-refractivity contribution in [1.29, 1.82) is 0 Å². The smallest absolute Gasteiger partial charge is 0.311 e. The maximum absolute atomic E-state index is 12.0. The Morgan fingerprint density at radius 2 is 1.23 bits per heavy atom. The predicted octanol–water partition coefficient (Wildman–Crippen LogP) is 8.04. The molecule has 1 aromatic heterocycles. The molecule has 0 unspecified atom stereocenters. The quantitative estimate of drug-likeness (QED) is 0.127. The third kappa shape index (κ3) is 9.16. The van der Waals surface area contributed by atoms with Gasteiger partial charge in [-0.1, -0.05) is 70.9 Å². The van der Waals surface area contributed by atoms with Crippen molar-refractivity contribution in [3.63, 3.8) is 0 Å². The molecule has 3 rings (SSSR count). The summed E-state index contributed by atoms with van der Waals surface area (Å²) in [6.45, 7) is 5.14. The zero-order valence-electron chi connectivity index (χ0n) is 21.2. The summed E-state index contributed by atoms with van der Waals surface area (Å²) in [6, 6.07) is 15.4. The number of carbonyl (C=O) groups is 1. The van der Waals surface area contributed by atoms with Crippen LogP contribution in [0.4, 0.5) is 0 Å². The average molecular weight is 475 g/mol. The number of carbonyl (C=O) groups excluding carboxylic acids is 1. The van der Waals surface area contributed by atoms with Crippen LogP contribution in [0, 0.1) is 0 Å². The number of unbranched alkanes of at least 4 members (excludes halogenated alkanes) is 7. The standard InChI is InChI=1S/C30H38N2O3/c1-3-5-7-9-10-12-29(33)35-28-19-13-24(14-20-28)26-22-31-30(32-23-26)25-15-17-27(18-16-25)34-21-11-8-6-4-2/h13-20,22-23H,3-12,21H2,1-2H3. The molecule has 0 amide bonds. The molecule has 0 spiro atoms. The Hall–Kier alpha value is -3.21. The number of esters is 1. The molecule has 5 nitrogen and oxygen atoms in total. The van der Waals surface area contributed by atoms with Gasteiger partial charge in [0.2, 0.25) is 0 Å². The highest BCUT2D eigenvalue weighted by molar-refractivity contribution is 5.73. The molecule has 35 heavy (non-hydrogen) atoms. The summed E-state index contributed by atoms with van der Waals surface area (Å²) in [5.41, 5.74) is 2.84. The van der Waals surface area contributed by atoms with E-state index in [1.807, 2.05) is 60.9 Å². The maximum Gasteiger partial charge on any atom is 0.311 e. The highest BCUT2D eigenvalue weighted by atomic mass is 16.5. The molecule has 0 fully saturated rings. The molecule has 0 N–H and O–H groups in total. The van der Waals surface area contributed by atoms with Crippen LogP contribution in [0.1, 0.15) is 78.1 Å². The summed E-state index contributed by atoms with van der Waals surface area (Å²) in [4.78, 5) is 21.1. The molecular formula is C30H38N2O3. The van der Waals surface area contributed by atoms with E-state index in [-0.39, 0.29) is 5.97 Å². The van der Waals surface area contributed by atoms with Gasteiger partial charge in [0.05, 0.1) is 6.61 Å². The van der Waals surface area contributed by atoms with Crippen LogP contribution in [0.25, 0.3) is 22.5 Å². The molecule has 0 bridgehead atoms. The third-order valence-corrected chi connectivity index (χ3v) is 5.93. The Kier molecular flexibility index (Phi) is 11.3. The largest absolute Gasteiger partial charge is 0.494 e. The average Bonchev–Trinajstić information content (AvgIpc) is 2.89. The minimum absolute atomic E-state index is 0.171. The van der Waals surface area contributed by atoms with E-state index < -0.39 is 0 Å². The Bertz CT molecular complexity index is 999. The number of benzene rings is 2. The van der Waals surface area contributed by atoms with E-state index in [0.29, 0.717) is 18.0 Å². The molecular weight excluding hydrogens is 436 g/mol. The molecule has 1 heterocycles. The first kappa shape index (κ1) is 26.4. The van der Waals surface area contributed by atoms with Gasteiger partial charge in [-0.05, 0) is 54.8 Å². The Balaban J connectivity index is 1.49. The highest BCUT2D eigenvalue weighted by Gasteiger charge is 2.07. The first-order valence-electron chi connectivity index (χ1n) is 13.1. The zero-order chi connectivity index (χ0) is 24.7. The van der Waals surface area contributed by atoms with Crippen LogP contribution in [0.3, 0.4) is 0 Å². The molecule has 2 aromatic carbocycles. The first-order valence-corrected chi connectivity index (χ1v) is 13.1. The lowest BCUT2D eigenvalue weighted by Gasteiger charge is -2.08. The van der Waals surface area contributed by atoms with E-state index in [0.717, 1.165) is 48.3 Å². The normalized spacial score (nSPS) is 10.8. The van der Waals surface area contributed by atoms with Crippen LogP contribution < -0.4 is 9.47 Å². The van der Waals surface area contributed by atoms with E-state index >= 15 is 0 Å². The lowest BCUT2D eigenvalue weighted by molar-refractivity contribution is -0.134. The van der Waals surface area contributed by atoms with Gasteiger partial charge in [0.25, 0.3) is 0 Å². The topological polar surface area (TPSA) is 61.3 Å². The van der Waals surface area contributed by atoms with Crippen molar-refractivity contribution in [1.82, 2.24) is 9.97 Å². The molecule has 0 saturated carbocycles. The predicted molar refractivity (Wildman–Crippen MR) is 142 cm³/mol. The van der Waals surface area contributed by atoms with Crippen molar-refractivity contribution in [3.8, 4) is 34.0 Å². The van der Waals surface area contributed by atoms with Crippen LogP contribution in [0.2, 0.25) is 0 Å². The molecule has 0 aliphatic rings. The molecule has 3 aromatic rings. The van der Waals surface area contributed by atoms with E-state index in [2.05, 4.69) is 23.8 Å². The summed E-state index contributed by atoms with van der Waals surface area (Å²) < 4.78 is 11.3. The van der Waals surface area contributed by atoms with Gasteiger partial charge in [-0.25, -0.2) is 9.97 Å². The van der Waals surface area contributed by atoms with E-state index in [1.165, 1.54) is 38.5 Å². The molecule has 5 heteroatoms. The van der Waals surface area contributed by atoms with Gasteiger partial charge >= 0.3 is 5.97 Å². The van der Waals surface area contributed by atoms with Crippen molar-refractivity contribution < 1.29 is 14.3 Å². The fourth-order valence-electron chi connectivity index (χ4n) is 3.82. The molecule has 186 valence electrons. The highest BCUT2D eigenvalue weighted by Crippen LogP contribution is 2.24. The maximum atomic E-state index is 12.0. The van der Waals surface area contributed by atoms with Crippen molar-refractivity contribution in [2.75, 3.05) is 6.61 Å². The number of hydrogen-bond acceptors (Lipinski definition) is 5. The summed E-state index contributed by atoms with van der Waals surface area (Å²) >= 11 is 0. The Morgan fingerprint density at radius 3 is 1.89 bits per heavy atom. The lowest BCUT2D eigenvalue weighted by Crippen LogP contribution is -2.07. The van der Waals surface area contributed by atoms with E-state index in [9.17, 15) is 4.79 Å². The number of ether oxygens (including phenoxy) is 2. The van der Waals surface area contributed by atoms with Crippen molar-refractivity contribution >= 4 is 5.97 Å².